The first kappa shape index (κ1) is 21.6. The number of nitrogens with zero attached hydrogens (tertiary/aromatic N) is 1. The number of ether oxygens (including phenoxy) is 3. The Morgan fingerprint density at radius 3 is 2.39 bits per heavy atom. The lowest BCUT2D eigenvalue weighted by atomic mass is 9.80. The van der Waals surface area contributed by atoms with Gasteiger partial charge in [-0.05, 0) is 59.9 Å². The average Bonchev–Trinajstić information content (AvgIpc) is 3.45. The number of hydroxylamine groups is 2. The molecule has 1 aromatic rings. The van der Waals surface area contributed by atoms with Crippen LogP contribution in [0, 0.1) is 0 Å². The summed E-state index contributed by atoms with van der Waals surface area (Å²) in [7, 11) is 0. The summed E-state index contributed by atoms with van der Waals surface area (Å²) < 4.78 is 17.4. The third kappa shape index (κ3) is 5.26. The monoisotopic (exact) mass is 391 g/mol. The van der Waals surface area contributed by atoms with E-state index in [0.717, 1.165) is 43.8 Å². The van der Waals surface area contributed by atoms with E-state index >= 15 is 0 Å². The molecule has 2 fully saturated rings. The van der Waals surface area contributed by atoms with Crippen LogP contribution in [0.15, 0.2) is 24.3 Å². The highest BCUT2D eigenvalue weighted by molar-refractivity contribution is 5.35. The van der Waals surface area contributed by atoms with E-state index < -0.39 is 0 Å². The molecule has 5 heteroatoms. The van der Waals surface area contributed by atoms with Crippen molar-refractivity contribution < 1.29 is 19.0 Å². The number of benzene rings is 1. The van der Waals surface area contributed by atoms with Gasteiger partial charge in [-0.2, -0.15) is 5.06 Å². The van der Waals surface area contributed by atoms with Crippen molar-refractivity contribution in [2.75, 3.05) is 19.8 Å². The zero-order valence-electron chi connectivity index (χ0n) is 18.4. The summed E-state index contributed by atoms with van der Waals surface area (Å²) >= 11 is 0. The Labute approximate surface area is 170 Å². The zero-order valence-corrected chi connectivity index (χ0v) is 18.4. The number of hydrogen-bond donors (Lipinski definition) is 0. The number of para-hydroxylation sites is 1. The van der Waals surface area contributed by atoms with Crippen LogP contribution in [0.2, 0.25) is 0 Å². The molecule has 0 N–H and O–H groups in total. The molecule has 5 nitrogen and oxygen atoms in total. The van der Waals surface area contributed by atoms with Crippen LogP contribution >= 0.6 is 0 Å². The van der Waals surface area contributed by atoms with Crippen molar-refractivity contribution >= 4 is 0 Å². The molecule has 1 aromatic carbocycles. The van der Waals surface area contributed by atoms with Crippen molar-refractivity contribution in [3.8, 4) is 5.75 Å². The lowest BCUT2D eigenvalue weighted by molar-refractivity contribution is -0.316. The summed E-state index contributed by atoms with van der Waals surface area (Å²) in [4.78, 5) is 6.59. The Hall–Kier alpha value is -1.14. The van der Waals surface area contributed by atoms with Gasteiger partial charge in [0.25, 0.3) is 0 Å². The predicted molar refractivity (Wildman–Crippen MR) is 110 cm³/mol. The predicted octanol–water partition coefficient (Wildman–Crippen LogP) is 4.91. The highest BCUT2D eigenvalue weighted by Gasteiger charge is 2.47. The summed E-state index contributed by atoms with van der Waals surface area (Å²) in [6.45, 7) is 15.5. The summed E-state index contributed by atoms with van der Waals surface area (Å²) in [5.41, 5.74) is 0.831. The fourth-order valence-corrected chi connectivity index (χ4v) is 4.37. The van der Waals surface area contributed by atoms with E-state index in [0.29, 0.717) is 6.61 Å². The topological polar surface area (TPSA) is 43.5 Å². The fourth-order valence-electron chi connectivity index (χ4n) is 4.37. The number of epoxide rings is 1. The molecule has 158 valence electrons. The van der Waals surface area contributed by atoms with Gasteiger partial charge in [-0.1, -0.05) is 25.1 Å². The number of piperidine rings is 1. The van der Waals surface area contributed by atoms with Gasteiger partial charge in [0, 0.05) is 23.2 Å². The maximum absolute atomic E-state index is 6.59. The largest absolute Gasteiger partial charge is 0.490 e. The van der Waals surface area contributed by atoms with Gasteiger partial charge in [0.15, 0.2) is 0 Å². The minimum Gasteiger partial charge on any atom is -0.490 e. The van der Waals surface area contributed by atoms with E-state index in [1.165, 1.54) is 0 Å². The maximum Gasteiger partial charge on any atom is 0.125 e. The second-order valence-corrected chi connectivity index (χ2v) is 9.37. The van der Waals surface area contributed by atoms with Gasteiger partial charge in [0.2, 0.25) is 0 Å². The van der Waals surface area contributed by atoms with Crippen LogP contribution in [-0.4, -0.2) is 48.2 Å². The molecule has 28 heavy (non-hydrogen) atoms. The molecule has 2 unspecified atom stereocenters. The molecule has 0 aromatic heterocycles. The Morgan fingerprint density at radius 2 is 1.79 bits per heavy atom. The normalized spacial score (nSPS) is 25.4. The molecular weight excluding hydrogens is 354 g/mol. The third-order valence-corrected chi connectivity index (χ3v) is 5.56. The van der Waals surface area contributed by atoms with Gasteiger partial charge in [-0.15, -0.1) is 0 Å². The minimum atomic E-state index is -0.119. The number of hydrogen-bond acceptors (Lipinski definition) is 5. The summed E-state index contributed by atoms with van der Waals surface area (Å²) in [5.74, 6) is 0.877. The van der Waals surface area contributed by atoms with Crippen molar-refractivity contribution in [3.63, 3.8) is 0 Å². The lowest BCUT2D eigenvalue weighted by Gasteiger charge is -2.54. The first-order valence-electron chi connectivity index (χ1n) is 10.6. The Morgan fingerprint density at radius 1 is 1.14 bits per heavy atom. The van der Waals surface area contributed by atoms with Gasteiger partial charge in [-0.3, -0.25) is 4.84 Å². The third-order valence-electron chi connectivity index (χ3n) is 5.56. The van der Waals surface area contributed by atoms with E-state index in [9.17, 15) is 0 Å². The molecule has 0 saturated carbocycles. The first-order chi connectivity index (χ1) is 13.2. The van der Waals surface area contributed by atoms with Crippen molar-refractivity contribution in [1.29, 1.82) is 0 Å². The molecule has 3 rings (SSSR count). The highest BCUT2D eigenvalue weighted by Crippen LogP contribution is 2.42. The van der Waals surface area contributed by atoms with Crippen LogP contribution in [0.1, 0.15) is 72.5 Å². The number of rotatable bonds is 9. The second-order valence-electron chi connectivity index (χ2n) is 9.37. The van der Waals surface area contributed by atoms with Gasteiger partial charge in [0.05, 0.1) is 12.7 Å². The summed E-state index contributed by atoms with van der Waals surface area (Å²) in [6.07, 6.45) is 3.37. The molecule has 0 spiro atoms. The molecule has 2 heterocycles. The van der Waals surface area contributed by atoms with E-state index in [1.54, 1.807) is 0 Å². The SMILES string of the molecule is CCCOC1CC(C)(C)N(OC(C)c2ccccc2OCC2CO2)C(C)(C)C1. The van der Waals surface area contributed by atoms with Gasteiger partial charge in [-0.25, -0.2) is 0 Å². The van der Waals surface area contributed by atoms with Crippen LogP contribution in [0.5, 0.6) is 5.75 Å². The van der Waals surface area contributed by atoms with E-state index in [2.05, 4.69) is 52.7 Å². The molecular formula is C23H37NO4. The Balaban J connectivity index is 1.71. The first-order valence-corrected chi connectivity index (χ1v) is 10.6. The Bertz CT molecular complexity index is 623. The Kier molecular flexibility index (Phi) is 6.70. The molecule has 2 atom stereocenters. The smallest absolute Gasteiger partial charge is 0.125 e. The minimum absolute atomic E-state index is 0.108. The lowest BCUT2D eigenvalue weighted by Crippen LogP contribution is -2.62. The molecule has 0 radical (unpaired) electrons. The van der Waals surface area contributed by atoms with E-state index in [1.807, 2.05) is 18.2 Å². The standard InChI is InChI=1S/C23H37NO4/c1-7-12-25-18-13-22(3,4)24(23(5,6)14-18)28-17(2)20-10-8-9-11-21(20)27-16-19-15-26-19/h8-11,17-19H,7,12-16H2,1-6H3. The maximum atomic E-state index is 6.59. The van der Waals surface area contributed by atoms with Gasteiger partial charge >= 0.3 is 0 Å². The zero-order chi connectivity index (χ0) is 20.4. The highest BCUT2D eigenvalue weighted by atomic mass is 16.7. The van der Waals surface area contributed by atoms with Gasteiger partial charge in [0.1, 0.15) is 24.6 Å². The quantitative estimate of drug-likeness (QED) is 0.560. The van der Waals surface area contributed by atoms with Crippen molar-refractivity contribution in [1.82, 2.24) is 5.06 Å². The molecule has 2 saturated heterocycles. The van der Waals surface area contributed by atoms with Gasteiger partial charge < -0.3 is 14.2 Å². The van der Waals surface area contributed by atoms with Crippen molar-refractivity contribution in [2.24, 2.45) is 0 Å². The summed E-state index contributed by atoms with van der Waals surface area (Å²) in [6, 6.07) is 8.14. The second kappa shape index (κ2) is 8.70. The van der Waals surface area contributed by atoms with Crippen molar-refractivity contribution in [2.45, 2.75) is 90.2 Å². The molecule has 0 aliphatic carbocycles. The summed E-state index contributed by atoms with van der Waals surface area (Å²) in [5, 5.41) is 2.19. The fraction of sp³-hybridized carbons (Fsp3) is 0.739. The molecule has 0 bridgehead atoms. The van der Waals surface area contributed by atoms with E-state index in [4.69, 9.17) is 19.0 Å². The van der Waals surface area contributed by atoms with Crippen LogP contribution in [0.3, 0.4) is 0 Å². The van der Waals surface area contributed by atoms with E-state index in [-0.39, 0.29) is 29.4 Å². The molecule has 2 aliphatic heterocycles. The van der Waals surface area contributed by atoms with Crippen molar-refractivity contribution in [3.05, 3.63) is 29.8 Å². The van der Waals surface area contributed by atoms with Crippen LogP contribution < -0.4 is 4.74 Å². The van der Waals surface area contributed by atoms with Crippen LogP contribution in [0.4, 0.5) is 0 Å². The average molecular weight is 392 g/mol. The van der Waals surface area contributed by atoms with Crippen LogP contribution in [0.25, 0.3) is 0 Å². The molecule has 0 amide bonds. The molecule has 2 aliphatic rings. The van der Waals surface area contributed by atoms with Crippen LogP contribution in [-0.2, 0) is 14.3 Å².